The molecule has 0 heterocycles. The highest BCUT2D eigenvalue weighted by atomic mass is 35.5. The van der Waals surface area contributed by atoms with E-state index >= 15 is 0 Å². The van der Waals surface area contributed by atoms with Crippen LogP contribution in [0.15, 0.2) is 42.5 Å². The monoisotopic (exact) mass is 423 g/mol. The van der Waals surface area contributed by atoms with Gasteiger partial charge < -0.3 is 10.2 Å². The molecular weight excluding hydrogens is 405 g/mol. The number of nitrogens with one attached hydrogen (secondary N) is 1. The lowest BCUT2D eigenvalue weighted by Crippen LogP contribution is -2.47. The lowest BCUT2D eigenvalue weighted by molar-refractivity contribution is -0.385. The molecule has 2 aromatic carbocycles. The first kappa shape index (κ1) is 21.7. The summed E-state index contributed by atoms with van der Waals surface area (Å²) in [6, 6.07) is 10.1. The number of hydrogen-bond acceptors (Lipinski definition) is 4. The average Bonchev–Trinajstić information content (AvgIpc) is 2.66. The van der Waals surface area contributed by atoms with Crippen LogP contribution in [0.2, 0.25) is 10.0 Å². The van der Waals surface area contributed by atoms with Crippen molar-refractivity contribution < 1.29 is 14.5 Å². The van der Waals surface area contributed by atoms with E-state index in [4.69, 9.17) is 23.2 Å². The summed E-state index contributed by atoms with van der Waals surface area (Å²) in [4.78, 5) is 37.2. The SMILES string of the molecule is CNC(=O)[C@@H](C)N(Cc1ccc(Cl)cc1Cl)C(=O)Cc1ccccc1[N+](=O)[O-]. The molecule has 0 unspecified atom stereocenters. The van der Waals surface area contributed by atoms with Crippen LogP contribution in [0.1, 0.15) is 18.1 Å². The van der Waals surface area contributed by atoms with Crippen LogP contribution in [0.5, 0.6) is 0 Å². The van der Waals surface area contributed by atoms with Gasteiger partial charge >= 0.3 is 0 Å². The molecule has 1 atom stereocenters. The Morgan fingerprint density at radius 2 is 1.86 bits per heavy atom. The first-order valence-electron chi connectivity index (χ1n) is 8.42. The summed E-state index contributed by atoms with van der Waals surface area (Å²) in [7, 11) is 1.47. The molecule has 0 aliphatic carbocycles. The number of carbonyl (C=O) groups is 2. The maximum absolute atomic E-state index is 13.0. The van der Waals surface area contributed by atoms with Gasteiger partial charge in [0.15, 0.2) is 0 Å². The third kappa shape index (κ3) is 5.21. The lowest BCUT2D eigenvalue weighted by Gasteiger charge is -2.28. The Bertz CT molecular complexity index is 904. The van der Waals surface area contributed by atoms with E-state index in [1.165, 1.54) is 30.1 Å². The van der Waals surface area contributed by atoms with Crippen LogP contribution in [0.4, 0.5) is 5.69 Å². The van der Waals surface area contributed by atoms with Crippen LogP contribution in [0.3, 0.4) is 0 Å². The van der Waals surface area contributed by atoms with Crippen LogP contribution in [0, 0.1) is 10.1 Å². The van der Waals surface area contributed by atoms with Crippen molar-refractivity contribution in [2.75, 3.05) is 7.05 Å². The Morgan fingerprint density at radius 1 is 1.18 bits per heavy atom. The topological polar surface area (TPSA) is 92.6 Å². The molecule has 28 heavy (non-hydrogen) atoms. The Hall–Kier alpha value is -2.64. The summed E-state index contributed by atoms with van der Waals surface area (Å²) < 4.78 is 0. The van der Waals surface area contributed by atoms with Gasteiger partial charge in [0, 0.05) is 35.3 Å². The highest BCUT2D eigenvalue weighted by Crippen LogP contribution is 2.24. The zero-order valence-corrected chi connectivity index (χ0v) is 16.8. The minimum atomic E-state index is -0.799. The number of para-hydroxylation sites is 1. The molecule has 0 saturated heterocycles. The van der Waals surface area contributed by atoms with E-state index in [1.54, 1.807) is 31.2 Å². The highest BCUT2D eigenvalue weighted by molar-refractivity contribution is 6.35. The Kier molecular flexibility index (Phi) is 7.37. The molecule has 0 aliphatic heterocycles. The summed E-state index contributed by atoms with van der Waals surface area (Å²) >= 11 is 12.1. The number of hydrogen-bond donors (Lipinski definition) is 1. The smallest absolute Gasteiger partial charge is 0.273 e. The zero-order chi connectivity index (χ0) is 20.8. The van der Waals surface area contributed by atoms with Crippen LogP contribution >= 0.6 is 23.2 Å². The van der Waals surface area contributed by atoms with Crippen molar-refractivity contribution in [1.82, 2.24) is 10.2 Å². The Morgan fingerprint density at radius 3 is 2.46 bits per heavy atom. The second kappa shape index (κ2) is 9.52. The predicted molar refractivity (Wildman–Crippen MR) is 107 cm³/mol. The van der Waals surface area contributed by atoms with Crippen LogP contribution in [-0.4, -0.2) is 34.7 Å². The van der Waals surface area contributed by atoms with E-state index < -0.39 is 16.9 Å². The third-order valence-corrected chi connectivity index (χ3v) is 4.89. The van der Waals surface area contributed by atoms with E-state index in [0.29, 0.717) is 15.6 Å². The fraction of sp³-hybridized carbons (Fsp3) is 0.263. The van der Waals surface area contributed by atoms with Gasteiger partial charge in [0.1, 0.15) is 6.04 Å². The molecule has 7 nitrogen and oxygen atoms in total. The van der Waals surface area contributed by atoms with Gasteiger partial charge in [-0.15, -0.1) is 0 Å². The summed E-state index contributed by atoms with van der Waals surface area (Å²) in [5.74, 6) is -0.794. The molecule has 1 N–H and O–H groups in total. The maximum Gasteiger partial charge on any atom is 0.273 e. The molecule has 148 valence electrons. The van der Waals surface area contributed by atoms with Crippen molar-refractivity contribution >= 4 is 40.7 Å². The summed E-state index contributed by atoms with van der Waals surface area (Å²) in [5.41, 5.74) is 0.736. The zero-order valence-electron chi connectivity index (χ0n) is 15.3. The normalized spacial score (nSPS) is 11.6. The number of nitrogens with zero attached hydrogens (tertiary/aromatic N) is 2. The first-order chi connectivity index (χ1) is 13.2. The van der Waals surface area contributed by atoms with Gasteiger partial charge in [-0.3, -0.25) is 19.7 Å². The van der Waals surface area contributed by atoms with E-state index in [0.717, 1.165) is 0 Å². The Balaban J connectivity index is 2.34. The number of likely N-dealkylation sites (N-methyl/N-ethyl adjacent to an activating group) is 1. The standard InChI is InChI=1S/C19H19Cl2N3O4/c1-12(19(26)22-2)23(11-14-7-8-15(20)10-16(14)21)18(25)9-13-5-3-4-6-17(13)24(27)28/h3-8,10,12H,9,11H2,1-2H3,(H,22,26)/t12-/m1/s1. The average molecular weight is 424 g/mol. The molecule has 0 fully saturated rings. The van der Waals surface area contributed by atoms with E-state index in [-0.39, 0.29) is 30.1 Å². The van der Waals surface area contributed by atoms with Crippen LogP contribution < -0.4 is 5.32 Å². The molecule has 0 aromatic heterocycles. The fourth-order valence-electron chi connectivity index (χ4n) is 2.73. The van der Waals surface area contributed by atoms with E-state index in [9.17, 15) is 19.7 Å². The minimum absolute atomic E-state index is 0.0596. The quantitative estimate of drug-likeness (QED) is 0.543. The largest absolute Gasteiger partial charge is 0.357 e. The molecule has 2 rings (SSSR count). The van der Waals surface area contributed by atoms with Gasteiger partial charge in [0.25, 0.3) is 5.69 Å². The molecule has 0 bridgehead atoms. The Labute approximate surface area is 172 Å². The third-order valence-electron chi connectivity index (χ3n) is 4.30. The van der Waals surface area contributed by atoms with E-state index in [1.807, 2.05) is 0 Å². The molecule has 0 spiro atoms. The number of rotatable bonds is 7. The number of benzene rings is 2. The van der Waals surface area contributed by atoms with Gasteiger partial charge in [-0.05, 0) is 24.6 Å². The number of nitro groups is 1. The number of halogens is 2. The molecule has 0 radical (unpaired) electrons. The van der Waals surface area contributed by atoms with Gasteiger partial charge in [-0.2, -0.15) is 0 Å². The van der Waals surface area contributed by atoms with Gasteiger partial charge in [-0.25, -0.2) is 0 Å². The number of carbonyl (C=O) groups excluding carboxylic acids is 2. The van der Waals surface area contributed by atoms with Crippen LogP contribution in [0.25, 0.3) is 0 Å². The summed E-state index contributed by atoms with van der Waals surface area (Å²) in [5, 5.41) is 14.5. The second-order valence-electron chi connectivity index (χ2n) is 6.11. The van der Waals surface area contributed by atoms with Crippen molar-refractivity contribution in [3.8, 4) is 0 Å². The molecule has 0 aliphatic rings. The number of nitro benzene ring substituents is 1. The maximum atomic E-state index is 13.0. The first-order valence-corrected chi connectivity index (χ1v) is 9.17. The van der Waals surface area contributed by atoms with Gasteiger partial charge in [0.2, 0.25) is 11.8 Å². The lowest BCUT2D eigenvalue weighted by atomic mass is 10.1. The summed E-state index contributed by atoms with van der Waals surface area (Å²) in [6.45, 7) is 1.64. The van der Waals surface area contributed by atoms with Crippen molar-refractivity contribution in [1.29, 1.82) is 0 Å². The van der Waals surface area contributed by atoms with Crippen molar-refractivity contribution in [3.63, 3.8) is 0 Å². The molecule has 0 saturated carbocycles. The fourth-order valence-corrected chi connectivity index (χ4v) is 3.20. The van der Waals surface area contributed by atoms with Crippen molar-refractivity contribution in [3.05, 3.63) is 73.8 Å². The summed E-state index contributed by atoms with van der Waals surface area (Å²) in [6.07, 6.45) is -0.219. The number of amides is 2. The van der Waals surface area contributed by atoms with Crippen LogP contribution in [-0.2, 0) is 22.6 Å². The highest BCUT2D eigenvalue weighted by Gasteiger charge is 2.27. The van der Waals surface area contributed by atoms with Gasteiger partial charge in [0.05, 0.1) is 11.3 Å². The van der Waals surface area contributed by atoms with Gasteiger partial charge in [-0.1, -0.05) is 47.5 Å². The molecule has 2 amide bonds. The molecule has 2 aromatic rings. The van der Waals surface area contributed by atoms with E-state index in [2.05, 4.69) is 5.32 Å². The molecular formula is C19H19Cl2N3O4. The predicted octanol–water partition coefficient (Wildman–Crippen LogP) is 3.61. The minimum Gasteiger partial charge on any atom is -0.357 e. The molecule has 9 heteroatoms. The van der Waals surface area contributed by atoms with Crippen molar-refractivity contribution in [2.24, 2.45) is 0 Å². The van der Waals surface area contributed by atoms with Crippen molar-refractivity contribution in [2.45, 2.75) is 25.9 Å². The second-order valence-corrected chi connectivity index (χ2v) is 6.95.